The second-order valence-electron chi connectivity index (χ2n) is 6.64. The summed E-state index contributed by atoms with van der Waals surface area (Å²) in [6.45, 7) is 11.4. The first-order valence-corrected chi connectivity index (χ1v) is 7.53. The molecule has 1 saturated heterocycles. The molecule has 0 bridgehead atoms. The summed E-state index contributed by atoms with van der Waals surface area (Å²) in [5.41, 5.74) is 5.90. The number of piperidine rings is 1. The van der Waals surface area contributed by atoms with E-state index in [0.29, 0.717) is 11.5 Å². The van der Waals surface area contributed by atoms with E-state index in [9.17, 15) is 4.79 Å². The van der Waals surface area contributed by atoms with Gasteiger partial charge in [0.25, 0.3) is 0 Å². The van der Waals surface area contributed by atoms with E-state index in [4.69, 9.17) is 10.5 Å². The van der Waals surface area contributed by atoms with Crippen molar-refractivity contribution in [3.8, 4) is 0 Å². The SMILES string of the molecule is CC.CC(C)(C)OC(=O)N1CCC2(CC1)CC(N)C2. The van der Waals surface area contributed by atoms with Gasteiger partial charge in [-0.1, -0.05) is 13.8 Å². The van der Waals surface area contributed by atoms with Gasteiger partial charge in [0, 0.05) is 19.1 Å². The lowest BCUT2D eigenvalue weighted by Crippen LogP contribution is -2.53. The van der Waals surface area contributed by atoms with Crippen LogP contribution >= 0.6 is 0 Å². The number of rotatable bonds is 0. The molecule has 0 atom stereocenters. The maximum Gasteiger partial charge on any atom is 0.410 e. The van der Waals surface area contributed by atoms with E-state index in [1.165, 1.54) is 0 Å². The van der Waals surface area contributed by atoms with Gasteiger partial charge >= 0.3 is 6.09 Å². The smallest absolute Gasteiger partial charge is 0.410 e. The Morgan fingerprint density at radius 3 is 2.05 bits per heavy atom. The van der Waals surface area contributed by atoms with E-state index in [1.54, 1.807) is 0 Å². The molecule has 0 aromatic heterocycles. The molecule has 2 fully saturated rings. The minimum absolute atomic E-state index is 0.170. The van der Waals surface area contributed by atoms with Gasteiger partial charge in [0.05, 0.1) is 0 Å². The zero-order chi connectivity index (χ0) is 14.7. The summed E-state index contributed by atoms with van der Waals surface area (Å²) in [6, 6.07) is 0.392. The number of likely N-dealkylation sites (tertiary alicyclic amines) is 1. The molecule has 4 nitrogen and oxygen atoms in total. The fourth-order valence-corrected chi connectivity index (χ4v) is 2.95. The van der Waals surface area contributed by atoms with Crippen molar-refractivity contribution < 1.29 is 9.53 Å². The van der Waals surface area contributed by atoms with Gasteiger partial charge in [-0.25, -0.2) is 4.79 Å². The molecule has 1 aliphatic carbocycles. The van der Waals surface area contributed by atoms with Crippen molar-refractivity contribution in [3.05, 3.63) is 0 Å². The minimum Gasteiger partial charge on any atom is -0.444 e. The number of nitrogens with two attached hydrogens (primary N) is 1. The number of amides is 1. The van der Waals surface area contributed by atoms with Crippen LogP contribution in [-0.2, 0) is 4.74 Å². The van der Waals surface area contributed by atoms with Crippen LogP contribution < -0.4 is 5.73 Å². The van der Waals surface area contributed by atoms with Gasteiger partial charge in [-0.05, 0) is 51.9 Å². The highest BCUT2D eigenvalue weighted by Crippen LogP contribution is 2.48. The number of hydrogen-bond donors (Lipinski definition) is 1. The summed E-state index contributed by atoms with van der Waals surface area (Å²) in [4.78, 5) is 13.7. The van der Waals surface area contributed by atoms with E-state index in [0.717, 1.165) is 38.8 Å². The summed E-state index contributed by atoms with van der Waals surface area (Å²) in [6.07, 6.45) is 4.26. The van der Waals surface area contributed by atoms with E-state index in [-0.39, 0.29) is 6.09 Å². The highest BCUT2D eigenvalue weighted by Gasteiger charge is 2.45. The molecule has 0 radical (unpaired) electrons. The molecule has 112 valence electrons. The second-order valence-corrected chi connectivity index (χ2v) is 6.64. The summed E-state index contributed by atoms with van der Waals surface area (Å²) >= 11 is 0. The van der Waals surface area contributed by atoms with Crippen molar-refractivity contribution in [1.82, 2.24) is 4.90 Å². The molecule has 2 rings (SSSR count). The molecule has 1 saturated carbocycles. The Balaban J connectivity index is 0.000000861. The molecule has 1 heterocycles. The predicted octanol–water partition coefficient (Wildman–Crippen LogP) is 3.15. The topological polar surface area (TPSA) is 55.6 Å². The molecule has 0 unspecified atom stereocenters. The van der Waals surface area contributed by atoms with Gasteiger partial charge in [0.2, 0.25) is 0 Å². The van der Waals surface area contributed by atoms with E-state index < -0.39 is 5.60 Å². The van der Waals surface area contributed by atoms with Crippen molar-refractivity contribution in [2.75, 3.05) is 13.1 Å². The van der Waals surface area contributed by atoms with Crippen molar-refractivity contribution in [2.45, 2.75) is 71.9 Å². The Kier molecular flexibility index (Phi) is 5.25. The van der Waals surface area contributed by atoms with Crippen LogP contribution in [0.5, 0.6) is 0 Å². The summed E-state index contributed by atoms with van der Waals surface area (Å²) in [7, 11) is 0. The normalized spacial score (nSPS) is 22.3. The largest absolute Gasteiger partial charge is 0.444 e. The maximum absolute atomic E-state index is 11.9. The number of carbonyl (C=O) groups is 1. The lowest BCUT2D eigenvalue weighted by Gasteiger charge is -2.51. The number of nitrogens with zero attached hydrogens (tertiary/aromatic N) is 1. The monoisotopic (exact) mass is 270 g/mol. The van der Waals surface area contributed by atoms with Crippen LogP contribution in [0.3, 0.4) is 0 Å². The zero-order valence-electron chi connectivity index (χ0n) is 13.2. The fraction of sp³-hybridized carbons (Fsp3) is 0.933. The fourth-order valence-electron chi connectivity index (χ4n) is 2.95. The zero-order valence-corrected chi connectivity index (χ0v) is 13.2. The standard InChI is InChI=1S/C13H24N2O2.C2H6/c1-12(2,3)17-11(16)15-6-4-13(5-7-15)8-10(14)9-13;1-2/h10H,4-9,14H2,1-3H3;1-2H3. The average Bonchev–Trinajstić information content (AvgIpc) is 2.28. The average molecular weight is 270 g/mol. The molecule has 2 aliphatic rings. The molecule has 19 heavy (non-hydrogen) atoms. The number of carbonyl (C=O) groups excluding carboxylic acids is 1. The third-order valence-corrected chi connectivity index (χ3v) is 3.87. The van der Waals surface area contributed by atoms with Gasteiger partial charge in [0.15, 0.2) is 0 Å². The Morgan fingerprint density at radius 1 is 1.21 bits per heavy atom. The van der Waals surface area contributed by atoms with Crippen LogP contribution in [0.15, 0.2) is 0 Å². The highest BCUT2D eigenvalue weighted by atomic mass is 16.6. The van der Waals surface area contributed by atoms with E-state index >= 15 is 0 Å². The van der Waals surface area contributed by atoms with E-state index in [2.05, 4.69) is 0 Å². The molecular weight excluding hydrogens is 240 g/mol. The minimum atomic E-state index is -0.398. The van der Waals surface area contributed by atoms with Crippen LogP contribution in [0.25, 0.3) is 0 Å². The van der Waals surface area contributed by atoms with Crippen molar-refractivity contribution in [3.63, 3.8) is 0 Å². The Bertz CT molecular complexity index is 294. The molecule has 2 N–H and O–H groups in total. The summed E-state index contributed by atoms with van der Waals surface area (Å²) in [5.74, 6) is 0. The van der Waals surface area contributed by atoms with Gasteiger partial charge in [0.1, 0.15) is 5.60 Å². The Labute approximate surface area is 117 Å². The van der Waals surface area contributed by atoms with Crippen molar-refractivity contribution in [1.29, 1.82) is 0 Å². The van der Waals surface area contributed by atoms with Gasteiger partial charge in [-0.15, -0.1) is 0 Å². The van der Waals surface area contributed by atoms with Gasteiger partial charge in [-0.2, -0.15) is 0 Å². The first-order valence-electron chi connectivity index (χ1n) is 7.53. The number of hydrogen-bond acceptors (Lipinski definition) is 3. The molecule has 1 amide bonds. The van der Waals surface area contributed by atoms with Crippen LogP contribution in [0.1, 0.15) is 60.3 Å². The van der Waals surface area contributed by atoms with Gasteiger partial charge in [-0.3, -0.25) is 0 Å². The van der Waals surface area contributed by atoms with Crippen molar-refractivity contribution >= 4 is 6.09 Å². The molecule has 1 spiro atoms. The lowest BCUT2D eigenvalue weighted by atomic mass is 9.61. The van der Waals surface area contributed by atoms with Crippen LogP contribution in [-0.4, -0.2) is 35.7 Å². The Morgan fingerprint density at radius 2 is 1.68 bits per heavy atom. The van der Waals surface area contributed by atoms with Crippen LogP contribution in [0.4, 0.5) is 4.79 Å². The molecule has 4 heteroatoms. The molecular formula is C15H30N2O2. The maximum atomic E-state index is 11.9. The highest BCUT2D eigenvalue weighted by molar-refractivity contribution is 5.68. The second kappa shape index (κ2) is 6.12. The van der Waals surface area contributed by atoms with Crippen LogP contribution in [0, 0.1) is 5.41 Å². The third-order valence-electron chi connectivity index (χ3n) is 3.87. The van der Waals surface area contributed by atoms with Crippen molar-refractivity contribution in [2.24, 2.45) is 11.1 Å². The summed E-state index contributed by atoms with van der Waals surface area (Å²) < 4.78 is 5.38. The number of ether oxygens (including phenoxy) is 1. The van der Waals surface area contributed by atoms with E-state index in [1.807, 2.05) is 39.5 Å². The summed E-state index contributed by atoms with van der Waals surface area (Å²) in [5, 5.41) is 0. The third kappa shape index (κ3) is 4.37. The molecule has 0 aromatic rings. The predicted molar refractivity (Wildman–Crippen MR) is 78.0 cm³/mol. The molecule has 0 aromatic carbocycles. The first kappa shape index (κ1) is 16.3. The first-order chi connectivity index (χ1) is 8.80. The lowest BCUT2D eigenvalue weighted by molar-refractivity contribution is -0.0109. The van der Waals surface area contributed by atoms with Gasteiger partial charge < -0.3 is 15.4 Å². The quantitative estimate of drug-likeness (QED) is 0.735. The molecule has 1 aliphatic heterocycles. The Hall–Kier alpha value is -0.770. The van der Waals surface area contributed by atoms with Crippen LogP contribution in [0.2, 0.25) is 0 Å².